The molecule has 4 rings (SSSR count). The van der Waals surface area contributed by atoms with Gasteiger partial charge in [-0.25, -0.2) is 0 Å². The van der Waals surface area contributed by atoms with Gasteiger partial charge in [-0.15, -0.1) is 0 Å². The highest BCUT2D eigenvalue weighted by atomic mass is 35.5. The number of likely N-dealkylation sites (tertiary alicyclic amines) is 1. The van der Waals surface area contributed by atoms with E-state index in [4.69, 9.17) is 26.1 Å². The van der Waals surface area contributed by atoms with Gasteiger partial charge in [-0.2, -0.15) is 0 Å². The molecule has 154 valence electrons. The van der Waals surface area contributed by atoms with E-state index in [1.807, 2.05) is 12.1 Å². The molecule has 6 heteroatoms. The van der Waals surface area contributed by atoms with Crippen LogP contribution < -0.4 is 5.32 Å². The van der Waals surface area contributed by atoms with E-state index in [0.29, 0.717) is 24.2 Å². The molecule has 1 aliphatic carbocycles. The van der Waals surface area contributed by atoms with Crippen molar-refractivity contribution in [1.82, 2.24) is 10.2 Å². The lowest BCUT2D eigenvalue weighted by molar-refractivity contribution is -0.0367. The van der Waals surface area contributed by atoms with Gasteiger partial charge in [-0.05, 0) is 56.7 Å². The Labute approximate surface area is 173 Å². The highest BCUT2D eigenvalue weighted by Crippen LogP contribution is 2.41. The number of aliphatic imine (C=N–C) groups is 1. The van der Waals surface area contributed by atoms with Crippen LogP contribution in [0.5, 0.6) is 0 Å². The molecule has 1 aromatic rings. The molecule has 3 atom stereocenters. The molecular formula is C22H32ClN3O2. The van der Waals surface area contributed by atoms with Crippen LogP contribution in [-0.4, -0.2) is 62.0 Å². The van der Waals surface area contributed by atoms with Crippen LogP contribution in [0.4, 0.5) is 0 Å². The first-order chi connectivity index (χ1) is 13.7. The lowest BCUT2D eigenvalue weighted by Gasteiger charge is -2.34. The maximum absolute atomic E-state index is 6.15. The van der Waals surface area contributed by atoms with Crippen LogP contribution in [0.3, 0.4) is 0 Å². The van der Waals surface area contributed by atoms with Gasteiger partial charge in [-0.3, -0.25) is 4.99 Å². The second kappa shape index (κ2) is 9.47. The summed E-state index contributed by atoms with van der Waals surface area (Å²) in [6.07, 6.45) is 6.24. The van der Waals surface area contributed by atoms with Crippen LogP contribution >= 0.6 is 11.6 Å². The number of nitrogens with one attached hydrogen (secondary N) is 1. The van der Waals surface area contributed by atoms with Crippen molar-refractivity contribution in [2.24, 2.45) is 4.99 Å². The van der Waals surface area contributed by atoms with Crippen LogP contribution in [0.1, 0.15) is 50.5 Å². The number of halogens is 1. The summed E-state index contributed by atoms with van der Waals surface area (Å²) < 4.78 is 11.8. The molecule has 3 unspecified atom stereocenters. The Hall–Kier alpha value is -1.30. The van der Waals surface area contributed by atoms with E-state index in [0.717, 1.165) is 69.5 Å². The number of hydrogen-bond donors (Lipinski definition) is 1. The Balaban J connectivity index is 1.25. The Morgan fingerprint density at radius 3 is 2.89 bits per heavy atom. The van der Waals surface area contributed by atoms with Gasteiger partial charge in [0.1, 0.15) is 0 Å². The molecule has 1 saturated carbocycles. The fourth-order valence-corrected chi connectivity index (χ4v) is 4.46. The summed E-state index contributed by atoms with van der Waals surface area (Å²) in [6, 6.07) is 8.69. The predicted octanol–water partition coefficient (Wildman–Crippen LogP) is 3.82. The third-order valence-corrected chi connectivity index (χ3v) is 6.21. The largest absolute Gasteiger partial charge is 0.376 e. The lowest BCUT2D eigenvalue weighted by atomic mass is 10.1. The molecular weight excluding hydrogens is 374 g/mol. The summed E-state index contributed by atoms with van der Waals surface area (Å²) in [5, 5.41) is 4.51. The molecule has 3 aliphatic rings. The van der Waals surface area contributed by atoms with Crippen LogP contribution in [0, 0.1) is 0 Å². The maximum atomic E-state index is 6.15. The van der Waals surface area contributed by atoms with Gasteiger partial charge in [0.15, 0.2) is 5.96 Å². The molecule has 1 aromatic carbocycles. The fourth-order valence-electron chi connectivity index (χ4n) is 4.27. The van der Waals surface area contributed by atoms with Gasteiger partial charge < -0.3 is 19.7 Å². The molecule has 0 aromatic heterocycles. The second-order valence-corrected chi connectivity index (χ2v) is 8.54. The van der Waals surface area contributed by atoms with E-state index in [2.05, 4.69) is 29.3 Å². The minimum atomic E-state index is 0.315. The third kappa shape index (κ3) is 5.19. The first-order valence-corrected chi connectivity index (χ1v) is 11.2. The van der Waals surface area contributed by atoms with Crippen molar-refractivity contribution in [1.29, 1.82) is 0 Å². The van der Waals surface area contributed by atoms with E-state index < -0.39 is 0 Å². The zero-order valence-electron chi connectivity index (χ0n) is 16.8. The zero-order valence-corrected chi connectivity index (χ0v) is 17.5. The van der Waals surface area contributed by atoms with Gasteiger partial charge in [0.2, 0.25) is 0 Å². The highest BCUT2D eigenvalue weighted by Gasteiger charge is 2.40. The Kier molecular flexibility index (Phi) is 6.76. The van der Waals surface area contributed by atoms with E-state index in [-0.39, 0.29) is 0 Å². The first kappa shape index (κ1) is 20.0. The predicted molar refractivity (Wildman–Crippen MR) is 113 cm³/mol. The molecule has 2 saturated heterocycles. The third-order valence-electron chi connectivity index (χ3n) is 5.97. The fraction of sp³-hybridized carbons (Fsp3) is 0.682. The molecule has 2 aliphatic heterocycles. The maximum Gasteiger partial charge on any atom is 0.194 e. The molecule has 0 spiro atoms. The van der Waals surface area contributed by atoms with E-state index in [1.54, 1.807) is 0 Å². The number of rotatable bonds is 6. The zero-order chi connectivity index (χ0) is 19.3. The molecule has 2 heterocycles. The van der Waals surface area contributed by atoms with Gasteiger partial charge in [0, 0.05) is 43.2 Å². The summed E-state index contributed by atoms with van der Waals surface area (Å²) in [5.41, 5.74) is 1.32. The summed E-state index contributed by atoms with van der Waals surface area (Å²) in [6.45, 7) is 6.54. The van der Waals surface area contributed by atoms with Crippen LogP contribution in [0.25, 0.3) is 0 Å². The minimum Gasteiger partial charge on any atom is -0.376 e. The molecule has 5 nitrogen and oxygen atoms in total. The Morgan fingerprint density at radius 1 is 1.32 bits per heavy atom. The van der Waals surface area contributed by atoms with Crippen LogP contribution in [0.2, 0.25) is 5.02 Å². The first-order valence-electron chi connectivity index (χ1n) is 10.8. The number of guanidine groups is 1. The monoisotopic (exact) mass is 405 g/mol. The number of ether oxygens (including phenoxy) is 2. The van der Waals surface area contributed by atoms with Crippen LogP contribution in [0.15, 0.2) is 29.3 Å². The van der Waals surface area contributed by atoms with E-state index in [9.17, 15) is 0 Å². The quantitative estimate of drug-likeness (QED) is 0.577. The summed E-state index contributed by atoms with van der Waals surface area (Å²) in [5.74, 6) is 1.59. The van der Waals surface area contributed by atoms with Crippen molar-refractivity contribution in [3.8, 4) is 0 Å². The van der Waals surface area contributed by atoms with Gasteiger partial charge in [0.05, 0.1) is 18.8 Å². The van der Waals surface area contributed by atoms with Gasteiger partial charge >= 0.3 is 0 Å². The van der Waals surface area contributed by atoms with E-state index in [1.165, 1.54) is 12.0 Å². The molecule has 1 N–H and O–H groups in total. The Bertz CT molecular complexity index is 670. The molecule has 3 fully saturated rings. The van der Waals surface area contributed by atoms with Gasteiger partial charge in [-0.1, -0.05) is 23.7 Å². The minimum absolute atomic E-state index is 0.315. The van der Waals surface area contributed by atoms with Crippen molar-refractivity contribution in [2.45, 2.75) is 63.2 Å². The smallest absolute Gasteiger partial charge is 0.194 e. The number of hydrogen-bond acceptors (Lipinski definition) is 3. The lowest BCUT2D eigenvalue weighted by Crippen LogP contribution is -2.48. The van der Waals surface area contributed by atoms with Crippen LogP contribution in [-0.2, 0) is 9.47 Å². The van der Waals surface area contributed by atoms with Gasteiger partial charge in [0.25, 0.3) is 0 Å². The van der Waals surface area contributed by atoms with Crippen molar-refractivity contribution in [2.75, 3.05) is 32.8 Å². The highest BCUT2D eigenvalue weighted by molar-refractivity contribution is 6.30. The van der Waals surface area contributed by atoms with Crippen molar-refractivity contribution in [3.63, 3.8) is 0 Å². The van der Waals surface area contributed by atoms with Crippen molar-refractivity contribution < 1.29 is 9.47 Å². The average molecular weight is 406 g/mol. The number of piperidine rings is 1. The number of nitrogens with zero attached hydrogens (tertiary/aromatic N) is 2. The summed E-state index contributed by atoms with van der Waals surface area (Å²) in [7, 11) is 0. The molecule has 0 amide bonds. The van der Waals surface area contributed by atoms with Crippen molar-refractivity contribution >= 4 is 17.6 Å². The second-order valence-electron chi connectivity index (χ2n) is 8.10. The van der Waals surface area contributed by atoms with Crippen molar-refractivity contribution in [3.05, 3.63) is 34.9 Å². The average Bonchev–Trinajstić information content (AvgIpc) is 3.28. The summed E-state index contributed by atoms with van der Waals surface area (Å²) in [4.78, 5) is 7.14. The summed E-state index contributed by atoms with van der Waals surface area (Å²) >= 11 is 6.15. The topological polar surface area (TPSA) is 46.1 Å². The molecule has 0 radical (unpaired) electrons. The standard InChI is InChI=1S/C22H32ClN3O2/c1-2-24-22(25-21-14-20(21)16-5-3-6-17(23)13-16)26-10-8-18(9-11-26)28-15-19-7-4-12-27-19/h3,5-6,13,18-21H,2,4,7-12,14-15H2,1H3,(H,24,25). The number of benzene rings is 1. The Morgan fingerprint density at radius 2 is 2.18 bits per heavy atom. The molecule has 0 bridgehead atoms. The normalized spacial score (nSPS) is 28.6. The van der Waals surface area contributed by atoms with E-state index >= 15 is 0 Å². The molecule has 28 heavy (non-hydrogen) atoms. The SMILES string of the molecule is CCN=C(NC1CC1c1cccc(Cl)c1)N1CCC(OCC2CCCO2)CC1.